The van der Waals surface area contributed by atoms with Gasteiger partial charge in [0.25, 0.3) is 0 Å². The van der Waals surface area contributed by atoms with E-state index in [1.54, 1.807) is 6.92 Å². The van der Waals surface area contributed by atoms with Crippen molar-refractivity contribution in [2.75, 3.05) is 53.0 Å². The highest BCUT2D eigenvalue weighted by molar-refractivity contribution is 5.74. The van der Waals surface area contributed by atoms with Crippen molar-refractivity contribution in [3.8, 4) is 5.75 Å². The molecule has 1 atom stereocenters. The monoisotopic (exact) mass is 336 g/mol. The van der Waals surface area contributed by atoms with E-state index in [1.807, 2.05) is 24.3 Å². The zero-order valence-corrected chi connectivity index (χ0v) is 14.6. The molecule has 1 aliphatic heterocycles. The third-order valence-corrected chi connectivity index (χ3v) is 4.21. The number of nitrogens with zero attached hydrogens (tertiary/aromatic N) is 2. The number of carbonyl (C=O) groups excluding carboxylic acids is 1. The molecule has 0 saturated carbocycles. The molecule has 6 nitrogen and oxygen atoms in total. The lowest BCUT2D eigenvalue weighted by molar-refractivity contribution is -0.152. The number of carbonyl (C=O) groups is 1. The first-order valence-electron chi connectivity index (χ1n) is 8.56. The number of hydrogen-bond acceptors (Lipinski definition) is 6. The van der Waals surface area contributed by atoms with Crippen molar-refractivity contribution in [1.82, 2.24) is 9.80 Å². The van der Waals surface area contributed by atoms with Crippen LogP contribution in [0.4, 0.5) is 0 Å². The maximum atomic E-state index is 11.6. The molecular formula is C18H28N2O4. The molecule has 0 spiro atoms. The van der Waals surface area contributed by atoms with Gasteiger partial charge in [0.2, 0.25) is 0 Å². The first-order valence-corrected chi connectivity index (χ1v) is 8.56. The van der Waals surface area contributed by atoms with Gasteiger partial charge in [-0.05, 0) is 25.6 Å². The quantitative estimate of drug-likeness (QED) is 0.708. The molecule has 1 aromatic carbocycles. The number of likely N-dealkylation sites (N-methyl/N-ethyl adjacent to an activating group) is 1. The van der Waals surface area contributed by atoms with E-state index in [9.17, 15) is 9.90 Å². The molecule has 6 heteroatoms. The van der Waals surface area contributed by atoms with Crippen LogP contribution in [0.2, 0.25) is 0 Å². The normalized spacial score (nSPS) is 17.5. The van der Waals surface area contributed by atoms with Gasteiger partial charge in [-0.15, -0.1) is 0 Å². The minimum Gasteiger partial charge on any atom is -0.492 e. The van der Waals surface area contributed by atoms with Gasteiger partial charge in [0.05, 0.1) is 6.61 Å². The molecular weight excluding hydrogens is 308 g/mol. The topological polar surface area (TPSA) is 62.2 Å². The number of piperazine rings is 1. The molecule has 0 aliphatic carbocycles. The van der Waals surface area contributed by atoms with Crippen LogP contribution in [0.3, 0.4) is 0 Å². The third-order valence-electron chi connectivity index (χ3n) is 4.21. The van der Waals surface area contributed by atoms with Crippen LogP contribution in [0.15, 0.2) is 24.3 Å². The van der Waals surface area contributed by atoms with E-state index in [0.29, 0.717) is 6.61 Å². The van der Waals surface area contributed by atoms with Gasteiger partial charge in [-0.25, -0.2) is 4.79 Å². The number of aliphatic hydroxyl groups excluding tert-OH is 1. The molecule has 1 aromatic rings. The van der Waals surface area contributed by atoms with Crippen molar-refractivity contribution in [1.29, 1.82) is 0 Å². The Kier molecular flexibility index (Phi) is 7.49. The van der Waals surface area contributed by atoms with E-state index in [0.717, 1.165) is 44.0 Å². The van der Waals surface area contributed by atoms with E-state index >= 15 is 0 Å². The maximum Gasteiger partial charge on any atom is 0.335 e. The lowest BCUT2D eigenvalue weighted by Gasteiger charge is -2.32. The zero-order chi connectivity index (χ0) is 17.4. The van der Waals surface area contributed by atoms with E-state index in [4.69, 9.17) is 9.47 Å². The molecule has 0 aromatic heterocycles. The SMILES string of the molecule is CCOC(=O)[C@@H](O)Cc1ccccc1OCCN1CCN(C)CC1. The summed E-state index contributed by atoms with van der Waals surface area (Å²) in [5, 5.41) is 9.94. The summed E-state index contributed by atoms with van der Waals surface area (Å²) in [6.07, 6.45) is -0.962. The van der Waals surface area contributed by atoms with Crippen LogP contribution < -0.4 is 4.74 Å². The van der Waals surface area contributed by atoms with Crippen molar-refractivity contribution in [3.63, 3.8) is 0 Å². The molecule has 0 radical (unpaired) electrons. The second-order valence-corrected chi connectivity index (χ2v) is 6.07. The summed E-state index contributed by atoms with van der Waals surface area (Å²) in [5.41, 5.74) is 0.816. The molecule has 1 heterocycles. The Hall–Kier alpha value is -1.63. The van der Waals surface area contributed by atoms with Gasteiger partial charge in [-0.2, -0.15) is 0 Å². The highest BCUT2D eigenvalue weighted by Gasteiger charge is 2.19. The Morgan fingerprint density at radius 1 is 1.25 bits per heavy atom. The fraction of sp³-hybridized carbons (Fsp3) is 0.611. The Bertz CT molecular complexity index is 515. The Morgan fingerprint density at radius 3 is 2.67 bits per heavy atom. The predicted molar refractivity (Wildman–Crippen MR) is 92.2 cm³/mol. The number of ether oxygens (including phenoxy) is 2. The number of para-hydroxylation sites is 1. The van der Waals surface area contributed by atoms with E-state index in [2.05, 4.69) is 16.8 Å². The number of hydrogen-bond donors (Lipinski definition) is 1. The second kappa shape index (κ2) is 9.61. The predicted octanol–water partition coefficient (Wildman–Crippen LogP) is 0.779. The van der Waals surface area contributed by atoms with Crippen LogP contribution in [0, 0.1) is 0 Å². The molecule has 1 N–H and O–H groups in total. The van der Waals surface area contributed by atoms with Crippen molar-refractivity contribution >= 4 is 5.97 Å². The van der Waals surface area contributed by atoms with Crippen LogP contribution in [0.5, 0.6) is 5.75 Å². The lowest BCUT2D eigenvalue weighted by Crippen LogP contribution is -2.45. The fourth-order valence-corrected chi connectivity index (χ4v) is 2.70. The highest BCUT2D eigenvalue weighted by Crippen LogP contribution is 2.20. The molecule has 1 saturated heterocycles. The summed E-state index contributed by atoms with van der Waals surface area (Å²) in [6.45, 7) is 7.74. The Labute approximate surface area is 144 Å². The minimum atomic E-state index is -1.16. The van der Waals surface area contributed by atoms with Gasteiger partial charge >= 0.3 is 5.97 Å². The van der Waals surface area contributed by atoms with Crippen LogP contribution >= 0.6 is 0 Å². The number of aliphatic hydroxyl groups is 1. The molecule has 2 rings (SSSR count). The largest absolute Gasteiger partial charge is 0.492 e. The Balaban J connectivity index is 1.83. The first-order chi connectivity index (χ1) is 11.6. The van der Waals surface area contributed by atoms with Crippen molar-refractivity contribution in [2.45, 2.75) is 19.4 Å². The van der Waals surface area contributed by atoms with Crippen LogP contribution in [-0.4, -0.2) is 80.0 Å². The summed E-state index contributed by atoms with van der Waals surface area (Å²) in [6, 6.07) is 7.51. The lowest BCUT2D eigenvalue weighted by atomic mass is 10.1. The van der Waals surface area contributed by atoms with Crippen molar-refractivity contribution < 1.29 is 19.4 Å². The second-order valence-electron chi connectivity index (χ2n) is 6.07. The van der Waals surface area contributed by atoms with Gasteiger partial charge in [0.15, 0.2) is 6.10 Å². The van der Waals surface area contributed by atoms with Crippen LogP contribution in [-0.2, 0) is 16.0 Å². The molecule has 0 amide bonds. The summed E-state index contributed by atoms with van der Waals surface area (Å²) in [4.78, 5) is 16.3. The summed E-state index contributed by atoms with van der Waals surface area (Å²) in [7, 11) is 2.14. The number of rotatable bonds is 8. The zero-order valence-electron chi connectivity index (χ0n) is 14.6. The summed E-state index contributed by atoms with van der Waals surface area (Å²) < 4.78 is 10.7. The molecule has 0 unspecified atom stereocenters. The van der Waals surface area contributed by atoms with E-state index in [1.165, 1.54) is 0 Å². The van der Waals surface area contributed by atoms with Gasteiger partial charge in [-0.1, -0.05) is 18.2 Å². The number of benzene rings is 1. The fourth-order valence-electron chi connectivity index (χ4n) is 2.70. The third kappa shape index (κ3) is 5.78. The smallest absolute Gasteiger partial charge is 0.335 e. The van der Waals surface area contributed by atoms with Crippen LogP contribution in [0.1, 0.15) is 12.5 Å². The molecule has 24 heavy (non-hydrogen) atoms. The van der Waals surface area contributed by atoms with E-state index in [-0.39, 0.29) is 13.0 Å². The Morgan fingerprint density at radius 2 is 1.96 bits per heavy atom. The first kappa shape index (κ1) is 18.7. The number of esters is 1. The van der Waals surface area contributed by atoms with Gasteiger partial charge < -0.3 is 19.5 Å². The molecule has 1 aliphatic rings. The summed E-state index contributed by atoms with van der Waals surface area (Å²) in [5.74, 6) is 0.125. The van der Waals surface area contributed by atoms with Crippen molar-refractivity contribution in [2.24, 2.45) is 0 Å². The molecule has 0 bridgehead atoms. The van der Waals surface area contributed by atoms with Gasteiger partial charge in [0, 0.05) is 39.1 Å². The average molecular weight is 336 g/mol. The van der Waals surface area contributed by atoms with E-state index < -0.39 is 12.1 Å². The summed E-state index contributed by atoms with van der Waals surface area (Å²) >= 11 is 0. The van der Waals surface area contributed by atoms with Gasteiger partial charge in [-0.3, -0.25) is 4.90 Å². The maximum absolute atomic E-state index is 11.6. The molecule has 1 fully saturated rings. The van der Waals surface area contributed by atoms with Crippen molar-refractivity contribution in [3.05, 3.63) is 29.8 Å². The average Bonchev–Trinajstić information content (AvgIpc) is 2.58. The molecule has 134 valence electrons. The minimum absolute atomic E-state index is 0.198. The highest BCUT2D eigenvalue weighted by atomic mass is 16.5. The van der Waals surface area contributed by atoms with Crippen LogP contribution in [0.25, 0.3) is 0 Å². The van der Waals surface area contributed by atoms with Gasteiger partial charge in [0.1, 0.15) is 12.4 Å². The standard InChI is InChI=1S/C18H28N2O4/c1-3-23-18(22)16(21)14-15-6-4-5-7-17(15)24-13-12-20-10-8-19(2)9-11-20/h4-7,16,21H,3,8-14H2,1-2H3/t16-/m0/s1.